The van der Waals surface area contributed by atoms with E-state index in [0.717, 1.165) is 53.5 Å². The van der Waals surface area contributed by atoms with Crippen molar-refractivity contribution in [3.63, 3.8) is 0 Å². The SMILES string of the molecule is O=C(CCCCc1nc2ccccc2s1)NCC(c1ccccc1Cl)N1CCOCC1. The van der Waals surface area contributed by atoms with E-state index in [4.69, 9.17) is 16.3 Å². The molecular formula is C24H28ClN3O2S. The fraction of sp³-hybridized carbons (Fsp3) is 0.417. The smallest absolute Gasteiger partial charge is 0.220 e. The van der Waals surface area contributed by atoms with E-state index in [-0.39, 0.29) is 11.9 Å². The first-order valence-corrected chi connectivity index (χ1v) is 12.1. The zero-order chi connectivity index (χ0) is 21.5. The topological polar surface area (TPSA) is 54.5 Å². The molecule has 1 unspecified atom stereocenters. The molecule has 1 saturated heterocycles. The predicted octanol–water partition coefficient (Wildman–Crippen LogP) is 4.85. The first-order valence-electron chi connectivity index (χ1n) is 10.9. The maximum Gasteiger partial charge on any atom is 0.220 e. The Morgan fingerprint density at radius 1 is 1.13 bits per heavy atom. The Morgan fingerprint density at radius 2 is 1.90 bits per heavy atom. The quantitative estimate of drug-likeness (QED) is 0.466. The molecule has 1 aliphatic heterocycles. The molecule has 164 valence electrons. The third kappa shape index (κ3) is 6.04. The number of unbranched alkanes of at least 4 members (excludes halogenated alkanes) is 1. The Labute approximate surface area is 192 Å². The van der Waals surface area contributed by atoms with Crippen molar-refractivity contribution in [3.05, 3.63) is 64.1 Å². The van der Waals surface area contributed by atoms with E-state index in [0.29, 0.717) is 26.2 Å². The van der Waals surface area contributed by atoms with Crippen LogP contribution in [0, 0.1) is 0 Å². The molecule has 1 aliphatic rings. The molecule has 2 aromatic carbocycles. The summed E-state index contributed by atoms with van der Waals surface area (Å²) in [5.74, 6) is 0.0922. The van der Waals surface area contributed by atoms with E-state index in [1.165, 1.54) is 4.70 Å². The van der Waals surface area contributed by atoms with E-state index in [1.54, 1.807) is 11.3 Å². The summed E-state index contributed by atoms with van der Waals surface area (Å²) in [6, 6.07) is 16.2. The van der Waals surface area contributed by atoms with E-state index in [9.17, 15) is 4.79 Å². The lowest BCUT2D eigenvalue weighted by Gasteiger charge is -2.35. The number of ether oxygens (including phenoxy) is 1. The van der Waals surface area contributed by atoms with Crippen molar-refractivity contribution in [1.29, 1.82) is 0 Å². The zero-order valence-corrected chi connectivity index (χ0v) is 19.1. The second-order valence-corrected chi connectivity index (χ2v) is 9.29. The lowest BCUT2D eigenvalue weighted by Crippen LogP contribution is -2.43. The Hall–Kier alpha value is -1.99. The van der Waals surface area contributed by atoms with E-state index in [1.807, 2.05) is 42.5 Å². The molecule has 1 N–H and O–H groups in total. The van der Waals surface area contributed by atoms with Gasteiger partial charge in [-0.3, -0.25) is 9.69 Å². The molecule has 0 radical (unpaired) electrons. The number of aryl methyl sites for hydroxylation is 1. The number of morpholine rings is 1. The maximum absolute atomic E-state index is 12.5. The molecule has 4 rings (SSSR count). The summed E-state index contributed by atoms with van der Waals surface area (Å²) in [4.78, 5) is 19.5. The lowest BCUT2D eigenvalue weighted by atomic mass is 10.0. The van der Waals surface area contributed by atoms with Crippen molar-refractivity contribution in [2.45, 2.75) is 31.7 Å². The summed E-state index contributed by atoms with van der Waals surface area (Å²) in [7, 11) is 0. The van der Waals surface area contributed by atoms with Crippen molar-refractivity contribution >= 4 is 39.1 Å². The molecule has 1 fully saturated rings. The van der Waals surface area contributed by atoms with Gasteiger partial charge in [-0.25, -0.2) is 4.98 Å². The molecule has 3 aromatic rings. The van der Waals surface area contributed by atoms with Gasteiger partial charge in [-0.2, -0.15) is 0 Å². The highest BCUT2D eigenvalue weighted by Crippen LogP contribution is 2.28. The molecule has 1 aromatic heterocycles. The molecule has 0 aliphatic carbocycles. The number of benzene rings is 2. The number of carbonyl (C=O) groups is 1. The maximum atomic E-state index is 12.5. The number of nitrogens with zero attached hydrogens (tertiary/aromatic N) is 2. The number of aromatic nitrogens is 1. The molecule has 0 spiro atoms. The van der Waals surface area contributed by atoms with Crippen LogP contribution in [0.3, 0.4) is 0 Å². The predicted molar refractivity (Wildman–Crippen MR) is 127 cm³/mol. The average Bonchev–Trinajstić information content (AvgIpc) is 3.22. The number of amides is 1. The molecule has 7 heteroatoms. The molecule has 0 saturated carbocycles. The van der Waals surface area contributed by atoms with Gasteiger partial charge in [0.2, 0.25) is 5.91 Å². The Morgan fingerprint density at radius 3 is 2.71 bits per heavy atom. The third-order valence-corrected chi connectivity index (χ3v) is 7.07. The van der Waals surface area contributed by atoms with Crippen LogP contribution in [-0.2, 0) is 16.0 Å². The minimum absolute atomic E-state index is 0.0595. The Kier molecular flexibility index (Phi) is 7.92. The second kappa shape index (κ2) is 11.0. The normalized spacial score (nSPS) is 15.8. The average molecular weight is 458 g/mol. The number of hydrogen-bond donors (Lipinski definition) is 1. The number of carbonyl (C=O) groups excluding carboxylic acids is 1. The zero-order valence-electron chi connectivity index (χ0n) is 17.6. The van der Waals surface area contributed by atoms with Gasteiger partial charge in [0.25, 0.3) is 0 Å². The minimum atomic E-state index is 0.0595. The van der Waals surface area contributed by atoms with Crippen LogP contribution in [0.5, 0.6) is 0 Å². The van der Waals surface area contributed by atoms with Crippen LogP contribution in [0.4, 0.5) is 0 Å². The fourth-order valence-corrected chi connectivity index (χ4v) is 5.23. The molecule has 0 bridgehead atoms. The number of halogens is 1. The van der Waals surface area contributed by atoms with Crippen LogP contribution in [0.1, 0.15) is 35.9 Å². The van der Waals surface area contributed by atoms with Crippen LogP contribution in [0.15, 0.2) is 48.5 Å². The van der Waals surface area contributed by atoms with Crippen LogP contribution >= 0.6 is 22.9 Å². The van der Waals surface area contributed by atoms with Crippen LogP contribution in [0.25, 0.3) is 10.2 Å². The summed E-state index contributed by atoms with van der Waals surface area (Å²) in [6.07, 6.45) is 3.27. The van der Waals surface area contributed by atoms with Crippen LogP contribution < -0.4 is 5.32 Å². The van der Waals surface area contributed by atoms with Crippen LogP contribution in [0.2, 0.25) is 5.02 Å². The highest BCUT2D eigenvalue weighted by molar-refractivity contribution is 7.18. The van der Waals surface area contributed by atoms with Gasteiger partial charge in [0.1, 0.15) is 0 Å². The van der Waals surface area contributed by atoms with Crippen molar-refractivity contribution in [3.8, 4) is 0 Å². The van der Waals surface area contributed by atoms with E-state index < -0.39 is 0 Å². The lowest BCUT2D eigenvalue weighted by molar-refractivity contribution is -0.121. The first kappa shape index (κ1) is 22.2. The Balaban J connectivity index is 1.26. The molecule has 31 heavy (non-hydrogen) atoms. The van der Waals surface area contributed by atoms with Gasteiger partial charge >= 0.3 is 0 Å². The molecule has 1 amide bonds. The fourth-order valence-electron chi connectivity index (χ4n) is 3.96. The molecule has 5 nitrogen and oxygen atoms in total. The van der Waals surface area contributed by atoms with Gasteiger partial charge in [0.05, 0.1) is 34.5 Å². The summed E-state index contributed by atoms with van der Waals surface area (Å²) < 4.78 is 6.72. The number of para-hydroxylation sites is 1. The molecule has 2 heterocycles. The standard InChI is InChI=1S/C24H28ClN3O2S/c25-19-8-2-1-7-18(19)21(28-13-15-30-16-14-28)17-26-23(29)11-5-6-12-24-27-20-9-3-4-10-22(20)31-24/h1-4,7-10,21H,5-6,11-17H2,(H,26,29). The summed E-state index contributed by atoms with van der Waals surface area (Å²) >= 11 is 8.21. The number of nitrogens with one attached hydrogen (secondary N) is 1. The van der Waals surface area contributed by atoms with Gasteiger partial charge in [-0.1, -0.05) is 41.9 Å². The van der Waals surface area contributed by atoms with Crippen LogP contribution in [-0.4, -0.2) is 48.6 Å². The highest BCUT2D eigenvalue weighted by Gasteiger charge is 2.24. The van der Waals surface area contributed by atoms with Crippen molar-refractivity contribution in [1.82, 2.24) is 15.2 Å². The van der Waals surface area contributed by atoms with E-state index >= 15 is 0 Å². The number of fused-ring (bicyclic) bond motifs is 1. The number of rotatable bonds is 9. The van der Waals surface area contributed by atoms with Crippen molar-refractivity contribution < 1.29 is 9.53 Å². The molecular weight excluding hydrogens is 430 g/mol. The van der Waals surface area contributed by atoms with E-state index in [2.05, 4.69) is 21.3 Å². The summed E-state index contributed by atoms with van der Waals surface area (Å²) in [5, 5.41) is 5.02. The monoisotopic (exact) mass is 457 g/mol. The minimum Gasteiger partial charge on any atom is -0.379 e. The van der Waals surface area contributed by atoms with Gasteiger partial charge < -0.3 is 10.1 Å². The molecule has 1 atom stereocenters. The highest BCUT2D eigenvalue weighted by atomic mass is 35.5. The summed E-state index contributed by atoms with van der Waals surface area (Å²) in [6.45, 7) is 3.66. The van der Waals surface area contributed by atoms with Gasteiger partial charge in [-0.15, -0.1) is 11.3 Å². The largest absolute Gasteiger partial charge is 0.379 e. The van der Waals surface area contributed by atoms with Crippen molar-refractivity contribution in [2.75, 3.05) is 32.8 Å². The van der Waals surface area contributed by atoms with Gasteiger partial charge in [0, 0.05) is 31.1 Å². The number of thiazole rings is 1. The number of hydrogen-bond acceptors (Lipinski definition) is 5. The first-order chi connectivity index (χ1) is 15.2. The second-order valence-electron chi connectivity index (χ2n) is 7.77. The van der Waals surface area contributed by atoms with Crippen molar-refractivity contribution in [2.24, 2.45) is 0 Å². The third-order valence-electron chi connectivity index (χ3n) is 5.63. The van der Waals surface area contributed by atoms with Gasteiger partial charge in [0.15, 0.2) is 0 Å². The Bertz CT molecular complexity index is 970. The van der Waals surface area contributed by atoms with Gasteiger partial charge in [-0.05, 0) is 43.0 Å². The summed E-state index contributed by atoms with van der Waals surface area (Å²) in [5.41, 5.74) is 2.12.